The molecule has 1 aromatic carbocycles. The smallest absolute Gasteiger partial charge is 0.351 e. The van der Waals surface area contributed by atoms with Crippen LogP contribution in [0.2, 0.25) is 0 Å². The minimum Gasteiger partial charge on any atom is -0.351 e. The van der Waals surface area contributed by atoms with Crippen molar-refractivity contribution in [3.63, 3.8) is 0 Å². The maximum Gasteiger partial charge on any atom is 0.433 e. The summed E-state index contributed by atoms with van der Waals surface area (Å²) in [7, 11) is 0. The van der Waals surface area contributed by atoms with Crippen LogP contribution in [0, 0.1) is 0 Å². The Morgan fingerprint density at radius 1 is 1.00 bits per heavy atom. The molecular weight excluding hydrogens is 471 g/mol. The summed E-state index contributed by atoms with van der Waals surface area (Å²) in [5.41, 5.74) is -0.0253. The summed E-state index contributed by atoms with van der Waals surface area (Å²) < 4.78 is 42.5. The summed E-state index contributed by atoms with van der Waals surface area (Å²) >= 11 is 0. The molecule has 4 aromatic rings. The number of hydrogen-bond acceptors (Lipinski definition) is 4. The van der Waals surface area contributed by atoms with E-state index < -0.39 is 17.7 Å². The first-order valence-electron chi connectivity index (χ1n) is 11.7. The second-order valence-electron chi connectivity index (χ2n) is 8.97. The zero-order valence-electron chi connectivity index (χ0n) is 19.4. The summed E-state index contributed by atoms with van der Waals surface area (Å²) in [4.78, 5) is 30.7. The molecule has 0 bridgehead atoms. The molecule has 5 rings (SSSR count). The van der Waals surface area contributed by atoms with Gasteiger partial charge in [0.05, 0.1) is 5.52 Å². The van der Waals surface area contributed by atoms with Gasteiger partial charge in [-0.3, -0.25) is 14.3 Å². The Balaban J connectivity index is 1.22. The molecular formula is C26H24F3N5O2. The van der Waals surface area contributed by atoms with E-state index in [1.54, 1.807) is 29.1 Å². The van der Waals surface area contributed by atoms with Gasteiger partial charge in [0.15, 0.2) is 5.78 Å². The van der Waals surface area contributed by atoms with Gasteiger partial charge in [-0.2, -0.15) is 18.3 Å². The van der Waals surface area contributed by atoms with Gasteiger partial charge in [0, 0.05) is 49.5 Å². The first kappa shape index (κ1) is 23.8. The van der Waals surface area contributed by atoms with E-state index in [4.69, 9.17) is 0 Å². The fourth-order valence-electron chi connectivity index (χ4n) is 4.58. The third-order valence-electron chi connectivity index (χ3n) is 6.47. The van der Waals surface area contributed by atoms with Crippen molar-refractivity contribution in [2.75, 3.05) is 13.1 Å². The fraction of sp³-hybridized carbons (Fsp3) is 0.308. The number of aromatic nitrogens is 4. The van der Waals surface area contributed by atoms with Gasteiger partial charge in [0.2, 0.25) is 5.91 Å². The molecule has 7 nitrogen and oxygen atoms in total. The molecule has 36 heavy (non-hydrogen) atoms. The highest BCUT2D eigenvalue weighted by molar-refractivity contribution is 5.96. The van der Waals surface area contributed by atoms with Crippen LogP contribution in [0.5, 0.6) is 0 Å². The van der Waals surface area contributed by atoms with Crippen molar-refractivity contribution in [2.24, 2.45) is 0 Å². The number of Topliss-reactive ketones (excluding diaryl/α,β-unsaturated/α-hetero) is 1. The van der Waals surface area contributed by atoms with E-state index in [1.807, 2.05) is 17.0 Å². The number of carbonyl (C=O) groups excluding carboxylic acids is 2. The molecule has 0 saturated carbocycles. The number of nitrogens with zero attached hydrogens (tertiary/aromatic N) is 5. The highest BCUT2D eigenvalue weighted by atomic mass is 19.4. The van der Waals surface area contributed by atoms with Crippen LogP contribution in [0.25, 0.3) is 10.9 Å². The lowest BCUT2D eigenvalue weighted by Crippen LogP contribution is -2.40. The van der Waals surface area contributed by atoms with E-state index in [9.17, 15) is 22.8 Å². The van der Waals surface area contributed by atoms with Gasteiger partial charge in [-0.15, -0.1) is 0 Å². The van der Waals surface area contributed by atoms with E-state index >= 15 is 0 Å². The molecule has 1 aliphatic heterocycles. The van der Waals surface area contributed by atoms with Crippen LogP contribution in [0.1, 0.15) is 40.6 Å². The number of ketones is 1. The molecule has 0 aliphatic carbocycles. The predicted octanol–water partition coefficient (Wildman–Crippen LogP) is 4.54. The Hall–Kier alpha value is -3.95. The average Bonchev–Trinajstić information content (AvgIpc) is 3.53. The van der Waals surface area contributed by atoms with Crippen LogP contribution >= 0.6 is 0 Å². The highest BCUT2D eigenvalue weighted by Crippen LogP contribution is 2.28. The Morgan fingerprint density at radius 3 is 2.47 bits per heavy atom. The van der Waals surface area contributed by atoms with Crippen molar-refractivity contribution in [3.8, 4) is 0 Å². The van der Waals surface area contributed by atoms with Crippen molar-refractivity contribution in [3.05, 3.63) is 84.1 Å². The lowest BCUT2D eigenvalue weighted by atomic mass is 10.0. The summed E-state index contributed by atoms with van der Waals surface area (Å²) in [5.74, 6) is -0.508. The average molecular weight is 496 g/mol. The second kappa shape index (κ2) is 9.60. The second-order valence-corrected chi connectivity index (χ2v) is 8.97. The molecule has 1 fully saturated rings. The van der Waals surface area contributed by atoms with Crippen LogP contribution in [0.3, 0.4) is 0 Å². The maximum absolute atomic E-state index is 12.9. The molecule has 3 aromatic heterocycles. The van der Waals surface area contributed by atoms with Crippen LogP contribution < -0.4 is 0 Å². The largest absolute Gasteiger partial charge is 0.433 e. The molecule has 1 aliphatic rings. The molecule has 0 radical (unpaired) electrons. The maximum atomic E-state index is 12.9. The minimum absolute atomic E-state index is 0.000200. The quantitative estimate of drug-likeness (QED) is 0.368. The first-order valence-corrected chi connectivity index (χ1v) is 11.7. The molecule has 1 saturated heterocycles. The summed E-state index contributed by atoms with van der Waals surface area (Å²) in [6, 6.07) is 12.9. The van der Waals surface area contributed by atoms with Gasteiger partial charge < -0.3 is 9.47 Å². The molecule has 0 N–H and O–H groups in total. The monoisotopic (exact) mass is 495 g/mol. The van der Waals surface area contributed by atoms with Crippen LogP contribution in [0.4, 0.5) is 13.2 Å². The lowest BCUT2D eigenvalue weighted by molar-refractivity contribution is -0.141. The highest BCUT2D eigenvalue weighted by Gasteiger charge is 2.33. The minimum atomic E-state index is -4.61. The molecule has 0 atom stereocenters. The Labute approximate surface area is 205 Å². The summed E-state index contributed by atoms with van der Waals surface area (Å²) in [6.07, 6.45) is 2.95. The SMILES string of the molecule is O=C(Cc1ccc2nn(CC(=O)N3CCC(n4cccc4)CC3)cc2c1)c1cccc(C(F)(F)F)n1. The molecule has 1 amide bonds. The van der Waals surface area contributed by atoms with Gasteiger partial charge in [0.25, 0.3) is 0 Å². The van der Waals surface area contributed by atoms with E-state index in [-0.39, 0.29) is 24.6 Å². The number of benzene rings is 1. The molecule has 186 valence electrons. The van der Waals surface area contributed by atoms with E-state index in [0.717, 1.165) is 24.3 Å². The van der Waals surface area contributed by atoms with Gasteiger partial charge >= 0.3 is 6.18 Å². The third-order valence-corrected chi connectivity index (χ3v) is 6.47. The van der Waals surface area contributed by atoms with Crippen molar-refractivity contribution < 1.29 is 22.8 Å². The molecule has 10 heteroatoms. The summed E-state index contributed by atoms with van der Waals surface area (Å²) in [5, 5.41) is 5.21. The normalized spacial score (nSPS) is 14.9. The predicted molar refractivity (Wildman–Crippen MR) is 126 cm³/mol. The molecule has 4 heterocycles. The lowest BCUT2D eigenvalue weighted by Gasteiger charge is -2.32. The number of carbonyl (C=O) groups is 2. The summed E-state index contributed by atoms with van der Waals surface area (Å²) in [6.45, 7) is 1.50. The van der Waals surface area contributed by atoms with E-state index in [1.165, 1.54) is 12.1 Å². The first-order chi connectivity index (χ1) is 17.3. The standard InChI is InChI=1S/C26H24F3N5O2/c27-26(28,29)24-5-3-4-22(30-24)23(35)15-18-6-7-21-19(14-18)16-34(31-21)17-25(36)33-12-8-20(9-13-33)32-10-1-2-11-32/h1-7,10-11,14,16,20H,8-9,12-13,15,17H2. The van der Waals surface area contributed by atoms with Gasteiger partial charge in [-0.05, 0) is 54.8 Å². The zero-order chi connectivity index (χ0) is 25.3. The third kappa shape index (κ3) is 5.17. The van der Waals surface area contributed by atoms with Crippen molar-refractivity contribution in [1.82, 2.24) is 24.2 Å². The van der Waals surface area contributed by atoms with E-state index in [0.29, 0.717) is 30.2 Å². The Morgan fingerprint density at radius 2 is 1.75 bits per heavy atom. The van der Waals surface area contributed by atoms with Crippen molar-refractivity contribution >= 4 is 22.6 Å². The van der Waals surface area contributed by atoms with Crippen molar-refractivity contribution in [1.29, 1.82) is 0 Å². The van der Waals surface area contributed by atoms with E-state index in [2.05, 4.69) is 27.0 Å². The van der Waals surface area contributed by atoms with Crippen molar-refractivity contribution in [2.45, 2.75) is 38.0 Å². The van der Waals surface area contributed by atoms with Crippen LogP contribution in [0.15, 0.2) is 67.1 Å². The number of amides is 1. The molecule has 0 spiro atoms. The Kier molecular flexibility index (Phi) is 6.34. The van der Waals surface area contributed by atoms with Gasteiger partial charge in [-0.25, -0.2) is 4.98 Å². The number of hydrogen-bond donors (Lipinski definition) is 0. The number of halogens is 3. The number of alkyl halides is 3. The topological polar surface area (TPSA) is 73.0 Å². The number of piperidine rings is 1. The van der Waals surface area contributed by atoms with Gasteiger partial charge in [0.1, 0.15) is 17.9 Å². The Bertz CT molecular complexity index is 1390. The number of rotatable bonds is 6. The van der Waals surface area contributed by atoms with Crippen LogP contribution in [-0.4, -0.2) is 49.0 Å². The van der Waals surface area contributed by atoms with Gasteiger partial charge in [-0.1, -0.05) is 12.1 Å². The molecule has 0 unspecified atom stereocenters. The van der Waals surface area contributed by atoms with Crippen LogP contribution in [-0.2, 0) is 23.9 Å². The number of pyridine rings is 1. The fourth-order valence-corrected chi connectivity index (χ4v) is 4.58. The zero-order valence-corrected chi connectivity index (χ0v) is 19.4. The number of fused-ring (bicyclic) bond motifs is 1. The number of likely N-dealkylation sites (tertiary alicyclic amines) is 1.